The van der Waals surface area contributed by atoms with Crippen LogP contribution < -0.4 is 11.3 Å². The third kappa shape index (κ3) is 2.93. The molecule has 26 heavy (non-hydrogen) atoms. The van der Waals surface area contributed by atoms with Crippen molar-refractivity contribution in [1.82, 2.24) is 14.6 Å². The smallest absolute Gasteiger partial charge is 0.283 e. The number of benzene rings is 1. The van der Waals surface area contributed by atoms with E-state index in [0.717, 1.165) is 10.0 Å². The van der Waals surface area contributed by atoms with Crippen molar-refractivity contribution < 1.29 is 4.79 Å². The van der Waals surface area contributed by atoms with Gasteiger partial charge in [0.25, 0.3) is 5.56 Å². The van der Waals surface area contributed by atoms with Gasteiger partial charge < -0.3 is 5.73 Å². The van der Waals surface area contributed by atoms with Crippen molar-refractivity contribution in [3.63, 3.8) is 0 Å². The van der Waals surface area contributed by atoms with E-state index >= 15 is 0 Å². The summed E-state index contributed by atoms with van der Waals surface area (Å²) in [6.45, 7) is 0. The van der Waals surface area contributed by atoms with Gasteiger partial charge in [-0.25, -0.2) is 0 Å². The Balaban J connectivity index is 1.88. The summed E-state index contributed by atoms with van der Waals surface area (Å²) in [7, 11) is 0. The number of fused-ring (bicyclic) bond motifs is 1. The second-order valence-electron chi connectivity index (χ2n) is 5.51. The summed E-state index contributed by atoms with van der Waals surface area (Å²) in [5.41, 5.74) is 7.08. The number of carbonyl (C=O) groups is 1. The molecule has 1 aromatic carbocycles. The Morgan fingerprint density at radius 2 is 1.92 bits per heavy atom. The molecular formula is C18H11BrN4O2S. The van der Waals surface area contributed by atoms with Crippen molar-refractivity contribution >= 4 is 49.9 Å². The molecule has 1 aliphatic rings. The fourth-order valence-electron chi connectivity index (χ4n) is 2.50. The van der Waals surface area contributed by atoms with Crippen LogP contribution in [-0.4, -0.2) is 20.4 Å². The molecule has 2 aromatic heterocycles. The number of halogens is 1. The number of nitrogens with two attached hydrogens (primary N) is 1. The Labute approximate surface area is 160 Å². The van der Waals surface area contributed by atoms with Crippen molar-refractivity contribution in [2.45, 2.75) is 0 Å². The third-order valence-electron chi connectivity index (χ3n) is 3.78. The molecule has 4 rings (SSSR count). The van der Waals surface area contributed by atoms with Crippen LogP contribution >= 0.6 is 27.3 Å². The Bertz CT molecular complexity index is 1190. The molecule has 2 N–H and O–H groups in total. The summed E-state index contributed by atoms with van der Waals surface area (Å²) in [6, 6.07) is 9.57. The van der Waals surface area contributed by atoms with E-state index in [0.29, 0.717) is 15.5 Å². The monoisotopic (exact) mass is 426 g/mol. The molecule has 0 bridgehead atoms. The number of nitrogen functional groups attached to an aromatic ring is 1. The molecule has 0 aliphatic heterocycles. The van der Waals surface area contributed by atoms with Gasteiger partial charge in [-0.1, -0.05) is 57.6 Å². The highest BCUT2D eigenvalue weighted by Crippen LogP contribution is 2.27. The van der Waals surface area contributed by atoms with E-state index in [4.69, 9.17) is 5.73 Å². The van der Waals surface area contributed by atoms with Crippen LogP contribution in [-0.2, 0) is 4.79 Å². The highest BCUT2D eigenvalue weighted by molar-refractivity contribution is 9.11. The van der Waals surface area contributed by atoms with E-state index in [1.165, 1.54) is 28.0 Å². The molecule has 0 atom stereocenters. The zero-order valence-corrected chi connectivity index (χ0v) is 15.6. The normalized spacial score (nSPS) is 15.7. The van der Waals surface area contributed by atoms with Crippen molar-refractivity contribution in [3.05, 3.63) is 74.5 Å². The molecular weight excluding hydrogens is 416 g/mol. The quantitative estimate of drug-likeness (QED) is 0.635. The van der Waals surface area contributed by atoms with Gasteiger partial charge in [-0.3, -0.25) is 9.59 Å². The average Bonchev–Trinajstić information content (AvgIpc) is 3.06. The first-order valence-corrected chi connectivity index (χ1v) is 9.20. The van der Waals surface area contributed by atoms with Gasteiger partial charge in [-0.2, -0.15) is 14.6 Å². The SMILES string of the molecule is Nc1c(/C=C2\C=C(Br)C=CC2=O)c(=O)nc2sc(-c3ccccc3)nn12. The van der Waals surface area contributed by atoms with E-state index < -0.39 is 5.56 Å². The number of anilines is 1. The van der Waals surface area contributed by atoms with Crippen LogP contribution in [0.25, 0.3) is 21.6 Å². The van der Waals surface area contributed by atoms with Crippen LogP contribution in [0, 0.1) is 0 Å². The minimum absolute atomic E-state index is 0.141. The maximum absolute atomic E-state index is 12.4. The average molecular weight is 427 g/mol. The Morgan fingerprint density at radius 1 is 1.15 bits per heavy atom. The number of ketones is 1. The first kappa shape index (κ1) is 16.6. The van der Waals surface area contributed by atoms with Gasteiger partial charge >= 0.3 is 0 Å². The molecule has 8 heteroatoms. The number of aromatic nitrogens is 3. The van der Waals surface area contributed by atoms with Crippen LogP contribution in [0.15, 0.2) is 63.4 Å². The van der Waals surface area contributed by atoms with Gasteiger partial charge in [0, 0.05) is 15.6 Å². The van der Waals surface area contributed by atoms with Crippen molar-refractivity contribution in [2.24, 2.45) is 0 Å². The second-order valence-corrected chi connectivity index (χ2v) is 7.38. The van der Waals surface area contributed by atoms with Gasteiger partial charge in [0.2, 0.25) is 4.96 Å². The predicted octanol–water partition coefficient (Wildman–Crippen LogP) is 3.20. The van der Waals surface area contributed by atoms with Gasteiger partial charge in [-0.15, -0.1) is 0 Å². The molecule has 0 spiro atoms. The molecule has 3 aromatic rings. The van der Waals surface area contributed by atoms with Crippen LogP contribution in [0.1, 0.15) is 5.56 Å². The van der Waals surface area contributed by atoms with E-state index in [-0.39, 0.29) is 17.2 Å². The molecule has 0 saturated heterocycles. The zero-order chi connectivity index (χ0) is 18.3. The van der Waals surface area contributed by atoms with Crippen LogP contribution in [0.2, 0.25) is 0 Å². The number of carbonyl (C=O) groups excluding carboxylic acids is 1. The molecule has 0 saturated carbocycles. The highest BCUT2D eigenvalue weighted by atomic mass is 79.9. The van der Waals surface area contributed by atoms with Crippen molar-refractivity contribution in [3.8, 4) is 10.6 Å². The molecule has 0 radical (unpaired) electrons. The first-order valence-electron chi connectivity index (χ1n) is 7.59. The maximum atomic E-state index is 12.4. The van der Waals surface area contributed by atoms with Crippen LogP contribution in [0.5, 0.6) is 0 Å². The Morgan fingerprint density at radius 3 is 2.69 bits per heavy atom. The summed E-state index contributed by atoms with van der Waals surface area (Å²) in [4.78, 5) is 28.9. The van der Waals surface area contributed by atoms with Crippen LogP contribution in [0.4, 0.5) is 5.82 Å². The highest BCUT2D eigenvalue weighted by Gasteiger charge is 2.16. The van der Waals surface area contributed by atoms with Gasteiger partial charge in [0.1, 0.15) is 10.8 Å². The molecule has 0 fully saturated rings. The van der Waals surface area contributed by atoms with E-state index in [1.54, 1.807) is 12.2 Å². The fraction of sp³-hybridized carbons (Fsp3) is 0. The molecule has 6 nitrogen and oxygen atoms in total. The topological polar surface area (TPSA) is 90.4 Å². The van der Waals surface area contributed by atoms with E-state index in [1.807, 2.05) is 30.3 Å². The summed E-state index contributed by atoms with van der Waals surface area (Å²) >= 11 is 4.59. The molecule has 1 aliphatic carbocycles. The Hall–Kier alpha value is -2.84. The fourth-order valence-corrected chi connectivity index (χ4v) is 3.78. The third-order valence-corrected chi connectivity index (χ3v) is 5.23. The largest absolute Gasteiger partial charge is 0.383 e. The molecule has 0 unspecified atom stereocenters. The first-order chi connectivity index (χ1) is 12.5. The molecule has 128 valence electrons. The lowest BCUT2D eigenvalue weighted by atomic mass is 10.0. The van der Waals surface area contributed by atoms with E-state index in [2.05, 4.69) is 26.0 Å². The molecule has 2 heterocycles. The summed E-state index contributed by atoms with van der Waals surface area (Å²) < 4.78 is 2.17. The number of hydrogen-bond acceptors (Lipinski definition) is 6. The minimum atomic E-state index is -0.495. The number of nitrogens with zero attached hydrogens (tertiary/aromatic N) is 3. The van der Waals surface area contributed by atoms with Crippen molar-refractivity contribution in [1.29, 1.82) is 0 Å². The minimum Gasteiger partial charge on any atom is -0.383 e. The second kappa shape index (κ2) is 6.47. The van der Waals surface area contributed by atoms with Gasteiger partial charge in [-0.05, 0) is 24.3 Å². The maximum Gasteiger partial charge on any atom is 0.283 e. The lowest BCUT2D eigenvalue weighted by Crippen LogP contribution is -2.17. The lowest BCUT2D eigenvalue weighted by Gasteiger charge is -2.05. The standard InChI is InChI=1S/C18H11BrN4O2S/c19-12-6-7-14(24)11(8-12)9-13-15(20)23-18(21-16(13)25)26-17(22-23)10-4-2-1-3-5-10/h1-9H,20H2/b11-9+. The Kier molecular flexibility index (Phi) is 4.14. The summed E-state index contributed by atoms with van der Waals surface area (Å²) in [5.74, 6) is -0.0573. The number of rotatable bonds is 2. The number of hydrogen-bond donors (Lipinski definition) is 1. The predicted molar refractivity (Wildman–Crippen MR) is 106 cm³/mol. The lowest BCUT2D eigenvalue weighted by molar-refractivity contribution is -0.111. The van der Waals surface area contributed by atoms with Crippen LogP contribution in [0.3, 0.4) is 0 Å². The number of allylic oxidation sites excluding steroid dienone is 5. The summed E-state index contributed by atoms with van der Waals surface area (Å²) in [6.07, 6.45) is 6.15. The van der Waals surface area contributed by atoms with Crippen molar-refractivity contribution in [2.75, 3.05) is 5.73 Å². The molecule has 0 amide bonds. The van der Waals surface area contributed by atoms with Gasteiger partial charge in [0.15, 0.2) is 5.78 Å². The summed E-state index contributed by atoms with van der Waals surface area (Å²) in [5, 5.41) is 5.17. The van der Waals surface area contributed by atoms with E-state index in [9.17, 15) is 9.59 Å². The zero-order valence-electron chi connectivity index (χ0n) is 13.2. The van der Waals surface area contributed by atoms with Gasteiger partial charge in [0.05, 0.1) is 5.56 Å².